The van der Waals surface area contributed by atoms with Crippen LogP contribution in [0.2, 0.25) is 0 Å². The van der Waals surface area contributed by atoms with Crippen LogP contribution in [0.4, 0.5) is 0 Å². The number of rotatable bonds is 5. The molecule has 0 unspecified atom stereocenters. The smallest absolute Gasteiger partial charge is 0.306 e. The zero-order valence-electron chi connectivity index (χ0n) is 9.24. The van der Waals surface area contributed by atoms with E-state index in [4.69, 9.17) is 5.11 Å². The molecule has 15 heavy (non-hydrogen) atoms. The van der Waals surface area contributed by atoms with Gasteiger partial charge in [-0.3, -0.25) is 4.79 Å². The highest BCUT2D eigenvalue weighted by atomic mass is 16.4. The van der Waals surface area contributed by atoms with Crippen LogP contribution < -0.4 is 5.32 Å². The lowest BCUT2D eigenvalue weighted by atomic mass is 9.86. The molecule has 2 aliphatic carbocycles. The monoisotopic (exact) mass is 211 g/mol. The fourth-order valence-corrected chi connectivity index (χ4v) is 2.44. The second-order valence-corrected chi connectivity index (χ2v) is 5.07. The third kappa shape index (κ3) is 3.49. The number of carboxylic acid groups (broad SMARTS) is 1. The average Bonchev–Trinajstić information content (AvgIpc) is 3.02. The molecule has 0 atom stereocenters. The average molecular weight is 211 g/mol. The van der Waals surface area contributed by atoms with E-state index in [1.165, 1.54) is 19.3 Å². The SMILES string of the molecule is O=C(O)C1CCC(NCCC2CC2)CC1. The summed E-state index contributed by atoms with van der Waals surface area (Å²) in [6.07, 6.45) is 7.97. The summed E-state index contributed by atoms with van der Waals surface area (Å²) in [7, 11) is 0. The molecule has 0 aromatic heterocycles. The van der Waals surface area contributed by atoms with Crippen LogP contribution in [0.5, 0.6) is 0 Å². The molecule has 2 rings (SSSR count). The largest absolute Gasteiger partial charge is 0.481 e. The van der Waals surface area contributed by atoms with Crippen molar-refractivity contribution in [3.05, 3.63) is 0 Å². The second-order valence-electron chi connectivity index (χ2n) is 5.07. The van der Waals surface area contributed by atoms with E-state index in [2.05, 4.69) is 5.32 Å². The minimum absolute atomic E-state index is 0.0773. The number of aliphatic carboxylic acids is 1. The molecule has 0 saturated heterocycles. The minimum Gasteiger partial charge on any atom is -0.481 e. The van der Waals surface area contributed by atoms with Crippen molar-refractivity contribution >= 4 is 5.97 Å². The Morgan fingerprint density at radius 3 is 2.33 bits per heavy atom. The number of hydrogen-bond donors (Lipinski definition) is 2. The molecule has 0 heterocycles. The van der Waals surface area contributed by atoms with Crippen molar-refractivity contribution in [2.75, 3.05) is 6.54 Å². The number of hydrogen-bond acceptors (Lipinski definition) is 2. The molecule has 86 valence electrons. The van der Waals surface area contributed by atoms with E-state index in [0.29, 0.717) is 6.04 Å². The van der Waals surface area contributed by atoms with Crippen LogP contribution >= 0.6 is 0 Å². The summed E-state index contributed by atoms with van der Waals surface area (Å²) in [4.78, 5) is 10.8. The van der Waals surface area contributed by atoms with Gasteiger partial charge in [-0.25, -0.2) is 0 Å². The molecule has 3 heteroatoms. The van der Waals surface area contributed by atoms with Gasteiger partial charge in [0.15, 0.2) is 0 Å². The summed E-state index contributed by atoms with van der Waals surface area (Å²) in [5.41, 5.74) is 0. The van der Waals surface area contributed by atoms with Crippen LogP contribution in [0.3, 0.4) is 0 Å². The molecule has 0 spiro atoms. The predicted octanol–water partition coefficient (Wildman–Crippen LogP) is 2.02. The lowest BCUT2D eigenvalue weighted by molar-refractivity contribution is -0.142. The molecule has 2 N–H and O–H groups in total. The topological polar surface area (TPSA) is 49.3 Å². The van der Waals surface area contributed by atoms with Gasteiger partial charge in [-0.15, -0.1) is 0 Å². The summed E-state index contributed by atoms with van der Waals surface area (Å²) in [5.74, 6) is 0.311. The second kappa shape index (κ2) is 4.97. The van der Waals surface area contributed by atoms with Gasteiger partial charge in [0.2, 0.25) is 0 Å². The van der Waals surface area contributed by atoms with Crippen molar-refractivity contribution in [1.82, 2.24) is 5.32 Å². The maximum Gasteiger partial charge on any atom is 0.306 e. The number of carboxylic acids is 1. The molecule has 0 radical (unpaired) electrons. The third-order valence-electron chi connectivity index (χ3n) is 3.76. The maximum atomic E-state index is 10.8. The Labute approximate surface area is 91.2 Å². The summed E-state index contributed by atoms with van der Waals surface area (Å²) < 4.78 is 0. The van der Waals surface area contributed by atoms with Crippen LogP contribution in [-0.2, 0) is 4.79 Å². The molecule has 0 amide bonds. The highest BCUT2D eigenvalue weighted by Crippen LogP contribution is 2.32. The number of carbonyl (C=O) groups is 1. The first-order valence-corrected chi connectivity index (χ1v) is 6.22. The first-order chi connectivity index (χ1) is 7.25. The van der Waals surface area contributed by atoms with E-state index in [-0.39, 0.29) is 5.92 Å². The molecular weight excluding hydrogens is 190 g/mol. The van der Waals surface area contributed by atoms with E-state index in [1.807, 2.05) is 0 Å². The highest BCUT2D eigenvalue weighted by molar-refractivity contribution is 5.70. The summed E-state index contributed by atoms with van der Waals surface area (Å²) in [5, 5.41) is 12.4. The lowest BCUT2D eigenvalue weighted by Crippen LogP contribution is -2.35. The molecule has 0 aromatic carbocycles. The first-order valence-electron chi connectivity index (χ1n) is 6.22. The van der Waals surface area contributed by atoms with Crippen molar-refractivity contribution in [3.63, 3.8) is 0 Å². The van der Waals surface area contributed by atoms with Gasteiger partial charge in [-0.1, -0.05) is 12.8 Å². The molecule has 2 saturated carbocycles. The van der Waals surface area contributed by atoms with Gasteiger partial charge < -0.3 is 10.4 Å². The van der Waals surface area contributed by atoms with Crippen molar-refractivity contribution < 1.29 is 9.90 Å². The Bertz CT molecular complexity index is 218. The van der Waals surface area contributed by atoms with Gasteiger partial charge in [-0.2, -0.15) is 0 Å². The zero-order valence-corrected chi connectivity index (χ0v) is 9.24. The molecule has 3 nitrogen and oxygen atoms in total. The van der Waals surface area contributed by atoms with E-state index < -0.39 is 5.97 Å². The van der Waals surface area contributed by atoms with Crippen molar-refractivity contribution in [1.29, 1.82) is 0 Å². The molecular formula is C12H21NO2. The number of nitrogens with one attached hydrogen (secondary N) is 1. The van der Waals surface area contributed by atoms with Crippen molar-refractivity contribution in [2.24, 2.45) is 11.8 Å². The third-order valence-corrected chi connectivity index (χ3v) is 3.76. The maximum absolute atomic E-state index is 10.8. The van der Waals surface area contributed by atoms with Gasteiger partial charge in [0.25, 0.3) is 0 Å². The summed E-state index contributed by atoms with van der Waals surface area (Å²) >= 11 is 0. The Morgan fingerprint density at radius 1 is 1.13 bits per heavy atom. The Morgan fingerprint density at radius 2 is 1.80 bits per heavy atom. The van der Waals surface area contributed by atoms with Crippen molar-refractivity contribution in [3.8, 4) is 0 Å². The predicted molar refractivity (Wildman–Crippen MR) is 58.7 cm³/mol. The Hall–Kier alpha value is -0.570. The molecule has 2 aliphatic rings. The zero-order chi connectivity index (χ0) is 10.7. The van der Waals surface area contributed by atoms with Crippen LogP contribution in [0.1, 0.15) is 44.9 Å². The van der Waals surface area contributed by atoms with E-state index in [0.717, 1.165) is 38.1 Å². The van der Waals surface area contributed by atoms with Crippen molar-refractivity contribution in [2.45, 2.75) is 51.0 Å². The van der Waals surface area contributed by atoms with Gasteiger partial charge in [0, 0.05) is 6.04 Å². The standard InChI is InChI=1S/C12H21NO2/c14-12(15)10-3-5-11(6-4-10)13-8-7-9-1-2-9/h9-11,13H,1-8H2,(H,14,15). The Kier molecular flexibility index (Phi) is 3.62. The highest BCUT2D eigenvalue weighted by Gasteiger charge is 2.26. The molecule has 2 fully saturated rings. The lowest BCUT2D eigenvalue weighted by Gasteiger charge is -2.26. The van der Waals surface area contributed by atoms with E-state index in [1.54, 1.807) is 0 Å². The normalized spacial score (nSPS) is 31.5. The first kappa shape index (κ1) is 10.9. The fourth-order valence-electron chi connectivity index (χ4n) is 2.44. The summed E-state index contributed by atoms with van der Waals surface area (Å²) in [6, 6.07) is 0.583. The van der Waals surface area contributed by atoms with Gasteiger partial charge >= 0.3 is 5.97 Å². The molecule has 0 bridgehead atoms. The molecule has 0 aliphatic heterocycles. The van der Waals surface area contributed by atoms with E-state index in [9.17, 15) is 4.79 Å². The summed E-state index contributed by atoms with van der Waals surface area (Å²) in [6.45, 7) is 1.13. The van der Waals surface area contributed by atoms with Crippen LogP contribution in [0.25, 0.3) is 0 Å². The van der Waals surface area contributed by atoms with Gasteiger partial charge in [0.05, 0.1) is 5.92 Å². The molecule has 0 aromatic rings. The van der Waals surface area contributed by atoms with Gasteiger partial charge in [0.1, 0.15) is 0 Å². The van der Waals surface area contributed by atoms with E-state index >= 15 is 0 Å². The minimum atomic E-state index is -0.605. The van der Waals surface area contributed by atoms with Crippen LogP contribution in [0, 0.1) is 11.8 Å². The fraction of sp³-hybridized carbons (Fsp3) is 0.917. The van der Waals surface area contributed by atoms with Crippen LogP contribution in [-0.4, -0.2) is 23.7 Å². The Balaban J connectivity index is 1.58. The van der Waals surface area contributed by atoms with Crippen LogP contribution in [0.15, 0.2) is 0 Å². The quantitative estimate of drug-likeness (QED) is 0.731. The van der Waals surface area contributed by atoms with Gasteiger partial charge in [-0.05, 0) is 44.6 Å².